The number of rotatable bonds is 2. The van der Waals surface area contributed by atoms with Crippen LogP contribution in [0.2, 0.25) is 5.02 Å². The molecule has 2 amide bonds. The fourth-order valence-electron chi connectivity index (χ4n) is 7.24. The van der Waals surface area contributed by atoms with E-state index in [0.29, 0.717) is 48.7 Å². The highest BCUT2D eigenvalue weighted by Gasteiger charge is 2.35. The number of hydrogen-bond donors (Lipinski definition) is 2. The molecular formula is C36H46ClN3O6S. The Hall–Kier alpha value is -3.08. The number of aryl methyl sites for hydroxylation is 1. The quantitative estimate of drug-likeness (QED) is 0.411. The number of carbonyl (C=O) groups is 2. The molecule has 6 rings (SSSR count). The summed E-state index contributed by atoms with van der Waals surface area (Å²) >= 11 is 6.33. The molecule has 0 unspecified atom stereocenters. The minimum absolute atomic E-state index is 0.0282. The highest BCUT2D eigenvalue weighted by atomic mass is 35.5. The molecule has 1 aliphatic carbocycles. The third-order valence-corrected chi connectivity index (χ3v) is 12.8. The van der Waals surface area contributed by atoms with Crippen LogP contribution in [0.15, 0.2) is 48.6 Å². The van der Waals surface area contributed by atoms with Gasteiger partial charge in [0.2, 0.25) is 15.9 Å². The predicted octanol–water partition coefficient (Wildman–Crippen LogP) is 5.34. The monoisotopic (exact) mass is 683 g/mol. The Morgan fingerprint density at radius 3 is 2.60 bits per heavy atom. The lowest BCUT2D eigenvalue weighted by Crippen LogP contribution is -2.53. The average Bonchev–Trinajstić information content (AvgIpc) is 3.03. The van der Waals surface area contributed by atoms with E-state index in [0.717, 1.165) is 56.4 Å². The summed E-state index contributed by atoms with van der Waals surface area (Å²) in [5.41, 5.74) is 3.29. The van der Waals surface area contributed by atoms with E-state index in [-0.39, 0.29) is 29.7 Å². The van der Waals surface area contributed by atoms with Crippen molar-refractivity contribution in [1.82, 2.24) is 9.62 Å². The number of fused-ring (bicyclic) bond motifs is 3. The molecule has 2 aromatic carbocycles. The molecule has 1 saturated carbocycles. The third-order valence-electron chi connectivity index (χ3n) is 10.7. The van der Waals surface area contributed by atoms with Crippen molar-refractivity contribution < 1.29 is 27.9 Å². The van der Waals surface area contributed by atoms with Crippen LogP contribution in [0.3, 0.4) is 0 Å². The number of benzene rings is 2. The van der Waals surface area contributed by atoms with E-state index in [9.17, 15) is 23.1 Å². The Bertz CT molecular complexity index is 1620. The number of carbonyl (C=O) groups excluding carboxylic acids is 2. The Labute approximate surface area is 283 Å². The first kappa shape index (κ1) is 33.8. The summed E-state index contributed by atoms with van der Waals surface area (Å²) in [5, 5.41) is 9.56. The van der Waals surface area contributed by atoms with Crippen LogP contribution in [0, 0.1) is 23.7 Å². The number of β-amino-alcohol motifs (C(OH)–C–C–N with tert-alkyl or cyclic N) is 1. The van der Waals surface area contributed by atoms with Crippen LogP contribution in [-0.4, -0.2) is 67.8 Å². The van der Waals surface area contributed by atoms with Gasteiger partial charge in [0.1, 0.15) is 12.4 Å². The van der Waals surface area contributed by atoms with Gasteiger partial charge in [0.15, 0.2) is 0 Å². The number of nitrogens with one attached hydrogen (secondary N) is 1. The zero-order valence-corrected chi connectivity index (χ0v) is 28.8. The van der Waals surface area contributed by atoms with Crippen LogP contribution < -0.4 is 14.4 Å². The normalized spacial score (nSPS) is 28.3. The highest BCUT2D eigenvalue weighted by Crippen LogP contribution is 2.40. The average molecular weight is 684 g/mol. The number of likely N-dealkylation sites (tertiary alicyclic amines) is 1. The highest BCUT2D eigenvalue weighted by molar-refractivity contribution is 7.90. The van der Waals surface area contributed by atoms with Gasteiger partial charge < -0.3 is 19.6 Å². The molecule has 11 heteroatoms. The van der Waals surface area contributed by atoms with Crippen LogP contribution in [0.5, 0.6) is 5.75 Å². The van der Waals surface area contributed by atoms with Crippen molar-refractivity contribution in [3.63, 3.8) is 0 Å². The number of nitrogens with zero attached hydrogens (tertiary/aromatic N) is 2. The topological polar surface area (TPSA) is 116 Å². The van der Waals surface area contributed by atoms with E-state index in [4.69, 9.17) is 16.3 Å². The lowest BCUT2D eigenvalue weighted by molar-refractivity contribution is -0.142. The first-order valence-corrected chi connectivity index (χ1v) is 18.9. The summed E-state index contributed by atoms with van der Waals surface area (Å²) in [6.07, 6.45) is 9.54. The van der Waals surface area contributed by atoms with E-state index >= 15 is 0 Å². The molecular weight excluding hydrogens is 638 g/mol. The standard InChI is InChI=1S/C36H46ClN3O6S/c1-23-15-25(16-35(42)40-20-32(41)21-40)6-7-26-8-9-29(26)19-39-14-4-3-5-27-17-31(37)12-10-30(27)22-46-34-13-11-28(18-33(34)39)36(43)38-47(44,45)24(23)2/h6-7,10-13,17-18,23-26,29,32,41H,3-5,8-9,14-16,19-22H2,1-2H3,(H,38,43)/t23-,24+,25+,26+,29-/m0/s1. The van der Waals surface area contributed by atoms with Crippen molar-refractivity contribution in [3.8, 4) is 5.75 Å². The van der Waals surface area contributed by atoms with E-state index in [1.807, 2.05) is 25.1 Å². The molecule has 1 saturated heterocycles. The number of allylic oxidation sites excluding steroid dienone is 2. The third kappa shape index (κ3) is 7.81. The maximum Gasteiger partial charge on any atom is 0.264 e. The van der Waals surface area contributed by atoms with Gasteiger partial charge in [-0.1, -0.05) is 36.7 Å². The zero-order valence-electron chi connectivity index (χ0n) is 27.2. The number of sulfonamides is 1. The van der Waals surface area contributed by atoms with E-state index < -0.39 is 27.3 Å². The number of hydrogen-bond acceptors (Lipinski definition) is 7. The van der Waals surface area contributed by atoms with Gasteiger partial charge in [0.05, 0.1) is 17.0 Å². The molecule has 9 nitrogen and oxygen atoms in total. The lowest BCUT2D eigenvalue weighted by atomic mass is 9.72. The summed E-state index contributed by atoms with van der Waals surface area (Å²) in [7, 11) is -4.02. The molecule has 47 heavy (non-hydrogen) atoms. The smallest absolute Gasteiger partial charge is 0.264 e. The second-order valence-corrected chi connectivity index (χ2v) is 16.5. The lowest BCUT2D eigenvalue weighted by Gasteiger charge is -2.40. The molecule has 3 aliphatic heterocycles. The Balaban J connectivity index is 1.33. The minimum atomic E-state index is -4.02. The molecule has 3 heterocycles. The molecule has 2 N–H and O–H groups in total. The van der Waals surface area contributed by atoms with Gasteiger partial charge in [-0.3, -0.25) is 9.59 Å². The summed E-state index contributed by atoms with van der Waals surface area (Å²) < 4.78 is 35.8. The van der Waals surface area contributed by atoms with Crippen molar-refractivity contribution in [2.24, 2.45) is 23.7 Å². The van der Waals surface area contributed by atoms with Gasteiger partial charge in [-0.2, -0.15) is 0 Å². The van der Waals surface area contributed by atoms with E-state index in [2.05, 4.69) is 21.8 Å². The Morgan fingerprint density at radius 1 is 1.04 bits per heavy atom. The van der Waals surface area contributed by atoms with Crippen LogP contribution >= 0.6 is 11.6 Å². The number of aliphatic hydroxyl groups excluding tert-OH is 1. The van der Waals surface area contributed by atoms with E-state index in [1.54, 1.807) is 30.0 Å². The molecule has 4 aliphatic rings. The van der Waals surface area contributed by atoms with Gasteiger partial charge in [0, 0.05) is 43.2 Å². The number of aliphatic hydroxyl groups is 1. The number of anilines is 1. The van der Waals surface area contributed by atoms with Gasteiger partial charge in [0.25, 0.3) is 5.91 Å². The SMILES string of the molecule is C[C@@H]1[C@@H](C)C[C@H](CC(=O)N2CC(O)C2)C=C[C@@H]2CC[C@H]2CN2CCCCc3cc(Cl)ccc3COc3ccc(cc32)C(=O)NS1(=O)=O. The number of amides is 2. The summed E-state index contributed by atoms with van der Waals surface area (Å²) in [5.74, 6) is 0.211. The second-order valence-electron chi connectivity index (χ2n) is 14.0. The fourth-order valence-corrected chi connectivity index (χ4v) is 8.72. The molecule has 5 atom stereocenters. The molecule has 0 spiro atoms. The summed E-state index contributed by atoms with van der Waals surface area (Å²) in [4.78, 5) is 30.5. The van der Waals surface area contributed by atoms with Crippen molar-refractivity contribution in [1.29, 1.82) is 0 Å². The maximum absolute atomic E-state index is 13.5. The van der Waals surface area contributed by atoms with Crippen molar-refractivity contribution in [2.75, 3.05) is 31.1 Å². The van der Waals surface area contributed by atoms with Crippen molar-refractivity contribution in [3.05, 3.63) is 70.3 Å². The first-order valence-electron chi connectivity index (χ1n) is 17.0. The van der Waals surface area contributed by atoms with Gasteiger partial charge >= 0.3 is 0 Å². The van der Waals surface area contributed by atoms with Gasteiger partial charge in [-0.05, 0) is 111 Å². The molecule has 2 aromatic rings. The van der Waals surface area contributed by atoms with Gasteiger partial charge in [-0.25, -0.2) is 13.1 Å². The van der Waals surface area contributed by atoms with Crippen molar-refractivity contribution in [2.45, 2.75) is 76.8 Å². The maximum atomic E-state index is 13.5. The Morgan fingerprint density at radius 2 is 1.85 bits per heavy atom. The summed E-state index contributed by atoms with van der Waals surface area (Å²) in [6.45, 7) is 6.06. The first-order chi connectivity index (χ1) is 22.5. The molecule has 2 bridgehead atoms. The minimum Gasteiger partial charge on any atom is -0.487 e. The summed E-state index contributed by atoms with van der Waals surface area (Å²) in [6, 6.07) is 11.1. The van der Waals surface area contributed by atoms with Crippen LogP contribution in [0.4, 0.5) is 5.69 Å². The second kappa shape index (κ2) is 14.2. The molecule has 2 fully saturated rings. The largest absolute Gasteiger partial charge is 0.487 e. The fraction of sp³-hybridized carbons (Fsp3) is 0.556. The van der Waals surface area contributed by atoms with E-state index in [1.165, 1.54) is 5.56 Å². The van der Waals surface area contributed by atoms with Crippen molar-refractivity contribution >= 4 is 39.1 Å². The zero-order chi connectivity index (χ0) is 33.3. The predicted molar refractivity (Wildman–Crippen MR) is 183 cm³/mol. The van der Waals surface area contributed by atoms with Crippen LogP contribution in [0.1, 0.15) is 73.9 Å². The van der Waals surface area contributed by atoms with Gasteiger partial charge in [-0.15, -0.1) is 0 Å². The van der Waals surface area contributed by atoms with Crippen LogP contribution in [-0.2, 0) is 27.8 Å². The number of ether oxygens (including phenoxy) is 1. The molecule has 0 aromatic heterocycles. The molecule has 254 valence electrons. The Kier molecular flexibility index (Phi) is 10.2. The number of halogens is 1. The molecule has 0 radical (unpaired) electrons. The van der Waals surface area contributed by atoms with Crippen LogP contribution in [0.25, 0.3) is 0 Å².